The smallest absolute Gasteiger partial charge is 0.283 e. The highest BCUT2D eigenvalue weighted by molar-refractivity contribution is 6.77. The predicted octanol–water partition coefficient (Wildman–Crippen LogP) is 2.99. The van der Waals surface area contributed by atoms with Crippen molar-refractivity contribution >= 4 is 27.1 Å². The zero-order chi connectivity index (χ0) is 16.1. The standard InChI is InChI=1S/C15H26O3Si3/c1-7-20(3,4)17-15(16-19,18-21(5,6)8-2)14-12-10-9-11-13-14/h7-13H,1-2H2,3-6,19H3. The molecule has 0 atom stereocenters. The first-order valence-electron chi connectivity index (χ1n) is 6.98. The van der Waals surface area contributed by atoms with E-state index in [0.717, 1.165) is 5.56 Å². The summed E-state index contributed by atoms with van der Waals surface area (Å²) in [6, 6.07) is 9.83. The topological polar surface area (TPSA) is 27.7 Å². The first-order chi connectivity index (χ1) is 9.70. The molecule has 1 aromatic rings. The van der Waals surface area contributed by atoms with Crippen molar-refractivity contribution in [2.45, 2.75) is 32.2 Å². The lowest BCUT2D eigenvalue weighted by atomic mass is 10.2. The van der Waals surface area contributed by atoms with Crippen molar-refractivity contribution in [3.63, 3.8) is 0 Å². The number of rotatable bonds is 8. The molecule has 0 aromatic heterocycles. The van der Waals surface area contributed by atoms with Crippen molar-refractivity contribution in [1.82, 2.24) is 0 Å². The normalized spacial score (nSPS) is 13.1. The fourth-order valence-electron chi connectivity index (χ4n) is 1.76. The van der Waals surface area contributed by atoms with E-state index in [4.69, 9.17) is 13.3 Å². The summed E-state index contributed by atoms with van der Waals surface area (Å²) in [5, 5.41) is 0. The Kier molecular flexibility index (Phi) is 6.09. The van der Waals surface area contributed by atoms with E-state index in [9.17, 15) is 0 Å². The molecular weight excluding hydrogens is 312 g/mol. The van der Waals surface area contributed by atoms with Crippen molar-refractivity contribution in [2.24, 2.45) is 0 Å². The van der Waals surface area contributed by atoms with E-state index in [1.54, 1.807) is 0 Å². The lowest BCUT2D eigenvalue weighted by Crippen LogP contribution is -2.50. The molecule has 1 rings (SSSR count). The molecule has 0 saturated carbocycles. The van der Waals surface area contributed by atoms with Crippen LogP contribution in [0.3, 0.4) is 0 Å². The fourth-order valence-corrected chi connectivity index (χ4v) is 4.61. The average molecular weight is 339 g/mol. The molecule has 116 valence electrons. The van der Waals surface area contributed by atoms with Crippen molar-refractivity contribution in [3.8, 4) is 0 Å². The Balaban J connectivity index is 3.32. The first-order valence-corrected chi connectivity index (χ1v) is 13.8. The molecule has 0 aliphatic heterocycles. The van der Waals surface area contributed by atoms with E-state index in [0.29, 0.717) is 10.5 Å². The van der Waals surface area contributed by atoms with E-state index < -0.39 is 22.6 Å². The van der Waals surface area contributed by atoms with Gasteiger partial charge in [0.2, 0.25) is 16.6 Å². The van der Waals surface area contributed by atoms with E-state index >= 15 is 0 Å². The zero-order valence-corrected chi connectivity index (χ0v) is 17.7. The molecule has 0 N–H and O–H groups in total. The summed E-state index contributed by atoms with van der Waals surface area (Å²) in [5.41, 5.74) is 4.65. The number of benzene rings is 1. The average Bonchev–Trinajstić information content (AvgIpc) is 2.47. The van der Waals surface area contributed by atoms with Crippen LogP contribution in [0, 0.1) is 0 Å². The first kappa shape index (κ1) is 18.3. The molecule has 0 amide bonds. The highest BCUT2D eigenvalue weighted by Crippen LogP contribution is 2.35. The summed E-state index contributed by atoms with van der Waals surface area (Å²) in [6.45, 7) is 16.1. The largest absolute Gasteiger partial charge is 0.378 e. The third-order valence-electron chi connectivity index (χ3n) is 3.17. The molecule has 21 heavy (non-hydrogen) atoms. The van der Waals surface area contributed by atoms with Crippen LogP contribution in [0.25, 0.3) is 0 Å². The summed E-state index contributed by atoms with van der Waals surface area (Å²) in [5.74, 6) is -1.15. The van der Waals surface area contributed by atoms with Crippen LogP contribution >= 0.6 is 0 Å². The van der Waals surface area contributed by atoms with Gasteiger partial charge in [0.05, 0.1) is 0 Å². The van der Waals surface area contributed by atoms with Gasteiger partial charge in [-0.3, -0.25) is 0 Å². The van der Waals surface area contributed by atoms with Gasteiger partial charge in [0, 0.05) is 5.56 Å². The van der Waals surface area contributed by atoms with E-state index in [2.05, 4.69) is 39.3 Å². The van der Waals surface area contributed by atoms with E-state index in [1.807, 2.05) is 41.7 Å². The van der Waals surface area contributed by atoms with Crippen molar-refractivity contribution in [2.75, 3.05) is 0 Å². The predicted molar refractivity (Wildman–Crippen MR) is 96.7 cm³/mol. The van der Waals surface area contributed by atoms with Crippen LogP contribution in [-0.4, -0.2) is 27.1 Å². The van der Waals surface area contributed by atoms with Gasteiger partial charge in [-0.1, -0.05) is 41.7 Å². The maximum Gasteiger partial charge on any atom is 0.283 e. The van der Waals surface area contributed by atoms with Crippen molar-refractivity contribution in [1.29, 1.82) is 0 Å². The van der Waals surface area contributed by atoms with Crippen LogP contribution in [0.2, 0.25) is 26.2 Å². The Labute approximate surface area is 133 Å². The summed E-state index contributed by atoms with van der Waals surface area (Å²) >= 11 is 0. The molecule has 0 heterocycles. The second-order valence-corrected chi connectivity index (χ2v) is 14.0. The maximum atomic E-state index is 6.35. The molecule has 0 unspecified atom stereocenters. The fraction of sp³-hybridized carbons (Fsp3) is 0.333. The second kappa shape index (κ2) is 6.99. The highest BCUT2D eigenvalue weighted by atomic mass is 28.4. The molecule has 0 aliphatic rings. The quantitative estimate of drug-likeness (QED) is 0.539. The lowest BCUT2D eigenvalue weighted by molar-refractivity contribution is -0.273. The molecule has 0 saturated heterocycles. The minimum Gasteiger partial charge on any atom is -0.378 e. The van der Waals surface area contributed by atoms with Crippen molar-refractivity contribution < 1.29 is 13.3 Å². The molecule has 0 spiro atoms. The van der Waals surface area contributed by atoms with Gasteiger partial charge in [-0.15, -0.1) is 13.2 Å². The Morgan fingerprint density at radius 1 is 0.952 bits per heavy atom. The van der Waals surface area contributed by atoms with Gasteiger partial charge in [-0.25, -0.2) is 0 Å². The van der Waals surface area contributed by atoms with E-state index in [-0.39, 0.29) is 0 Å². The lowest BCUT2D eigenvalue weighted by Gasteiger charge is -2.42. The van der Waals surface area contributed by atoms with Gasteiger partial charge in [-0.05, 0) is 26.2 Å². The summed E-state index contributed by atoms with van der Waals surface area (Å²) in [6.07, 6.45) is 0. The van der Waals surface area contributed by atoms with Crippen LogP contribution in [0.5, 0.6) is 0 Å². The number of hydrogen-bond donors (Lipinski definition) is 0. The van der Waals surface area contributed by atoms with Gasteiger partial charge < -0.3 is 13.3 Å². The molecule has 0 aliphatic carbocycles. The maximum absolute atomic E-state index is 6.35. The Morgan fingerprint density at radius 3 is 1.71 bits per heavy atom. The minimum atomic E-state index is -2.10. The minimum absolute atomic E-state index is 0.499. The second-order valence-electron chi connectivity index (χ2n) is 5.95. The van der Waals surface area contributed by atoms with Gasteiger partial charge in [-0.2, -0.15) is 0 Å². The Hall–Kier alpha value is -0.769. The van der Waals surface area contributed by atoms with Gasteiger partial charge in [0.25, 0.3) is 5.97 Å². The zero-order valence-electron chi connectivity index (χ0n) is 13.7. The summed E-state index contributed by atoms with van der Waals surface area (Å²) in [4.78, 5) is 0. The SMILES string of the molecule is C=C[Si](C)(C)OC(O[SiH3])(O[Si](C)(C)C=C)c1ccccc1. The van der Waals surface area contributed by atoms with Crippen molar-refractivity contribution in [3.05, 3.63) is 60.5 Å². The van der Waals surface area contributed by atoms with Crippen LogP contribution in [0.15, 0.2) is 54.9 Å². The van der Waals surface area contributed by atoms with Crippen LogP contribution in [0.1, 0.15) is 5.56 Å². The molecule has 0 fully saturated rings. The monoisotopic (exact) mass is 338 g/mol. The molecule has 0 bridgehead atoms. The van der Waals surface area contributed by atoms with Gasteiger partial charge in [0.15, 0.2) is 10.5 Å². The molecule has 3 nitrogen and oxygen atoms in total. The third kappa shape index (κ3) is 4.87. The van der Waals surface area contributed by atoms with Crippen LogP contribution in [-0.2, 0) is 19.3 Å². The van der Waals surface area contributed by atoms with E-state index in [1.165, 1.54) is 0 Å². The Bertz CT molecular complexity index is 464. The molecule has 6 heteroatoms. The summed E-state index contributed by atoms with van der Waals surface area (Å²) in [7, 11) is -3.71. The number of hydrogen-bond acceptors (Lipinski definition) is 3. The molecular formula is C15H26O3Si3. The third-order valence-corrected chi connectivity index (χ3v) is 7.27. The van der Waals surface area contributed by atoms with Crippen LogP contribution < -0.4 is 0 Å². The highest BCUT2D eigenvalue weighted by Gasteiger charge is 2.43. The summed E-state index contributed by atoms with van der Waals surface area (Å²) < 4.78 is 18.6. The Morgan fingerprint density at radius 2 is 1.38 bits per heavy atom. The molecule has 0 radical (unpaired) electrons. The molecule has 1 aromatic carbocycles. The van der Waals surface area contributed by atoms with Gasteiger partial charge in [0.1, 0.15) is 0 Å². The van der Waals surface area contributed by atoms with Gasteiger partial charge >= 0.3 is 0 Å². The van der Waals surface area contributed by atoms with Crippen LogP contribution in [0.4, 0.5) is 0 Å².